The lowest BCUT2D eigenvalue weighted by atomic mass is 10.0. The highest BCUT2D eigenvalue weighted by Gasteiger charge is 2.34. The molecular formula is C19H24N2O3. The number of hydrogen-bond acceptors (Lipinski definition) is 4. The van der Waals surface area contributed by atoms with E-state index in [1.54, 1.807) is 0 Å². The van der Waals surface area contributed by atoms with Crippen molar-refractivity contribution in [2.24, 2.45) is 5.92 Å². The Morgan fingerprint density at radius 3 is 2.62 bits per heavy atom. The molecule has 1 aliphatic rings. The second kappa shape index (κ2) is 7.18. The third-order valence-electron chi connectivity index (χ3n) is 4.15. The number of aliphatic hydroxyl groups excluding tert-OH is 1. The molecule has 1 saturated carbocycles. The Kier molecular flexibility index (Phi) is 5.00. The number of benzene rings is 1. The summed E-state index contributed by atoms with van der Waals surface area (Å²) >= 11 is 0. The van der Waals surface area contributed by atoms with Crippen LogP contribution in [-0.2, 0) is 0 Å². The number of aliphatic hydroxyl groups is 1. The van der Waals surface area contributed by atoms with Gasteiger partial charge in [0.25, 0.3) is 5.91 Å². The average molecular weight is 328 g/mol. The summed E-state index contributed by atoms with van der Waals surface area (Å²) in [7, 11) is 0. The smallest absolute Gasteiger partial charge is 0.273 e. The first-order valence-electron chi connectivity index (χ1n) is 8.56. The van der Waals surface area contributed by atoms with Gasteiger partial charge in [-0.1, -0.05) is 32.0 Å². The van der Waals surface area contributed by atoms with E-state index >= 15 is 0 Å². The Labute approximate surface area is 142 Å². The van der Waals surface area contributed by atoms with Crippen LogP contribution in [0.2, 0.25) is 0 Å². The van der Waals surface area contributed by atoms with Gasteiger partial charge in [-0.3, -0.25) is 4.79 Å². The van der Waals surface area contributed by atoms with Crippen molar-refractivity contribution in [1.82, 2.24) is 10.3 Å². The van der Waals surface area contributed by atoms with Crippen LogP contribution in [0.4, 0.5) is 0 Å². The van der Waals surface area contributed by atoms with Crippen LogP contribution in [-0.4, -0.2) is 28.6 Å². The van der Waals surface area contributed by atoms with E-state index < -0.39 is 0 Å². The third kappa shape index (κ3) is 3.85. The Balaban J connectivity index is 1.83. The quantitative estimate of drug-likeness (QED) is 0.817. The van der Waals surface area contributed by atoms with E-state index in [1.807, 2.05) is 30.3 Å². The minimum absolute atomic E-state index is 0.0773. The van der Waals surface area contributed by atoms with Crippen molar-refractivity contribution in [3.05, 3.63) is 41.8 Å². The van der Waals surface area contributed by atoms with Crippen LogP contribution in [0.5, 0.6) is 0 Å². The summed E-state index contributed by atoms with van der Waals surface area (Å²) in [5.41, 5.74) is 1.22. The standard InChI is InChI=1S/C19H24N2O3/c1-12(2)10-15(11-22)20-18(23)16-17(13-8-9-13)24-19(21-16)14-6-4-3-5-7-14/h3-7,12-13,15,22H,8-11H2,1-2H3,(H,20,23). The van der Waals surface area contributed by atoms with Gasteiger partial charge in [-0.2, -0.15) is 0 Å². The highest BCUT2D eigenvalue weighted by Crippen LogP contribution is 2.43. The minimum Gasteiger partial charge on any atom is -0.440 e. The molecule has 1 aliphatic carbocycles. The molecule has 1 amide bonds. The number of carbonyl (C=O) groups excluding carboxylic acids is 1. The number of hydrogen-bond donors (Lipinski definition) is 2. The molecule has 0 bridgehead atoms. The van der Waals surface area contributed by atoms with E-state index in [2.05, 4.69) is 24.1 Å². The zero-order chi connectivity index (χ0) is 17.1. The van der Waals surface area contributed by atoms with Crippen LogP contribution in [0, 0.1) is 5.92 Å². The lowest BCUT2D eigenvalue weighted by molar-refractivity contribution is 0.0902. The van der Waals surface area contributed by atoms with Crippen molar-refractivity contribution in [3.63, 3.8) is 0 Å². The summed E-state index contributed by atoms with van der Waals surface area (Å²) in [6.45, 7) is 4.05. The molecule has 24 heavy (non-hydrogen) atoms. The maximum atomic E-state index is 12.6. The van der Waals surface area contributed by atoms with Crippen LogP contribution in [0.1, 0.15) is 55.3 Å². The fourth-order valence-electron chi connectivity index (χ4n) is 2.82. The number of rotatable bonds is 7. The van der Waals surface area contributed by atoms with E-state index in [-0.39, 0.29) is 24.5 Å². The van der Waals surface area contributed by atoms with Crippen molar-refractivity contribution in [2.75, 3.05) is 6.61 Å². The lowest BCUT2D eigenvalue weighted by Crippen LogP contribution is -2.38. The molecule has 1 atom stereocenters. The van der Waals surface area contributed by atoms with Gasteiger partial charge in [-0.05, 0) is 37.3 Å². The fraction of sp³-hybridized carbons (Fsp3) is 0.474. The first-order valence-corrected chi connectivity index (χ1v) is 8.56. The predicted octanol–water partition coefficient (Wildman–Crippen LogP) is 3.36. The van der Waals surface area contributed by atoms with Gasteiger partial charge in [0.15, 0.2) is 5.69 Å². The SMILES string of the molecule is CC(C)CC(CO)NC(=O)c1nc(-c2ccccc2)oc1C1CC1. The third-order valence-corrected chi connectivity index (χ3v) is 4.15. The molecule has 1 aromatic heterocycles. The first kappa shape index (κ1) is 16.7. The summed E-state index contributed by atoms with van der Waals surface area (Å²) in [6.07, 6.45) is 2.78. The van der Waals surface area contributed by atoms with E-state index in [0.717, 1.165) is 24.8 Å². The molecule has 0 saturated heterocycles. The lowest BCUT2D eigenvalue weighted by Gasteiger charge is -2.17. The number of amides is 1. The van der Waals surface area contributed by atoms with Gasteiger partial charge in [0.05, 0.1) is 12.6 Å². The maximum Gasteiger partial charge on any atom is 0.273 e. The van der Waals surface area contributed by atoms with Crippen LogP contribution >= 0.6 is 0 Å². The molecule has 0 spiro atoms. The zero-order valence-corrected chi connectivity index (χ0v) is 14.2. The number of aromatic nitrogens is 1. The average Bonchev–Trinajstić information content (AvgIpc) is 3.32. The van der Waals surface area contributed by atoms with Gasteiger partial charge >= 0.3 is 0 Å². The zero-order valence-electron chi connectivity index (χ0n) is 14.2. The van der Waals surface area contributed by atoms with Crippen LogP contribution in [0.25, 0.3) is 11.5 Å². The van der Waals surface area contributed by atoms with Gasteiger partial charge < -0.3 is 14.8 Å². The highest BCUT2D eigenvalue weighted by atomic mass is 16.4. The summed E-state index contributed by atoms with van der Waals surface area (Å²) in [4.78, 5) is 17.1. The van der Waals surface area contributed by atoms with Gasteiger partial charge in [0.1, 0.15) is 5.76 Å². The van der Waals surface area contributed by atoms with Gasteiger partial charge in [0, 0.05) is 11.5 Å². The molecule has 0 radical (unpaired) electrons. The minimum atomic E-state index is -0.263. The van der Waals surface area contributed by atoms with Gasteiger partial charge in [0.2, 0.25) is 5.89 Å². The summed E-state index contributed by atoms with van der Waals surface area (Å²) in [5.74, 6) is 1.57. The topological polar surface area (TPSA) is 75.4 Å². The maximum absolute atomic E-state index is 12.6. The Morgan fingerprint density at radius 1 is 1.33 bits per heavy atom. The number of nitrogens with zero attached hydrogens (tertiary/aromatic N) is 1. The summed E-state index contributed by atoms with van der Waals surface area (Å²) in [6, 6.07) is 9.33. The first-order chi connectivity index (χ1) is 11.6. The predicted molar refractivity (Wildman–Crippen MR) is 91.7 cm³/mol. The molecule has 2 N–H and O–H groups in total. The molecule has 1 heterocycles. The molecule has 1 unspecified atom stereocenters. The normalized spacial score (nSPS) is 15.5. The van der Waals surface area contributed by atoms with E-state index in [1.165, 1.54) is 0 Å². The molecule has 1 aromatic carbocycles. The van der Waals surface area contributed by atoms with Crippen molar-refractivity contribution in [2.45, 2.75) is 45.1 Å². The summed E-state index contributed by atoms with van der Waals surface area (Å²) < 4.78 is 5.91. The Morgan fingerprint density at radius 2 is 2.04 bits per heavy atom. The second-order valence-corrected chi connectivity index (χ2v) is 6.85. The second-order valence-electron chi connectivity index (χ2n) is 6.85. The molecule has 5 nitrogen and oxygen atoms in total. The molecule has 5 heteroatoms. The molecule has 2 aromatic rings. The molecule has 1 fully saturated rings. The van der Waals surface area contributed by atoms with E-state index in [4.69, 9.17) is 4.42 Å². The van der Waals surface area contributed by atoms with Crippen LogP contribution in [0.15, 0.2) is 34.7 Å². The Bertz CT molecular complexity index is 690. The highest BCUT2D eigenvalue weighted by molar-refractivity contribution is 5.94. The number of nitrogens with one attached hydrogen (secondary N) is 1. The van der Waals surface area contributed by atoms with Crippen molar-refractivity contribution >= 4 is 5.91 Å². The molecule has 3 rings (SSSR count). The number of oxazole rings is 1. The molecule has 128 valence electrons. The molecule has 0 aliphatic heterocycles. The summed E-state index contributed by atoms with van der Waals surface area (Å²) in [5, 5.41) is 12.4. The largest absolute Gasteiger partial charge is 0.440 e. The van der Waals surface area contributed by atoms with Crippen LogP contribution < -0.4 is 5.32 Å². The van der Waals surface area contributed by atoms with Crippen molar-refractivity contribution in [3.8, 4) is 11.5 Å². The molecular weight excluding hydrogens is 304 g/mol. The van der Waals surface area contributed by atoms with Gasteiger partial charge in [-0.25, -0.2) is 4.98 Å². The van der Waals surface area contributed by atoms with Crippen molar-refractivity contribution < 1.29 is 14.3 Å². The number of carbonyl (C=O) groups is 1. The Hall–Kier alpha value is -2.14. The van der Waals surface area contributed by atoms with E-state index in [9.17, 15) is 9.90 Å². The van der Waals surface area contributed by atoms with Crippen LogP contribution in [0.3, 0.4) is 0 Å². The van der Waals surface area contributed by atoms with Gasteiger partial charge in [-0.15, -0.1) is 0 Å². The van der Waals surface area contributed by atoms with Crippen molar-refractivity contribution in [1.29, 1.82) is 0 Å². The monoisotopic (exact) mass is 328 g/mol. The fourth-order valence-corrected chi connectivity index (χ4v) is 2.82. The van der Waals surface area contributed by atoms with E-state index in [0.29, 0.717) is 23.3 Å².